The maximum atomic E-state index is 5.73. The lowest BCUT2D eigenvalue weighted by atomic mass is 10.1. The Morgan fingerprint density at radius 3 is 2.65 bits per heavy atom. The van der Waals surface area contributed by atoms with Gasteiger partial charge in [0, 0.05) is 12.6 Å². The first-order valence-electron chi connectivity index (χ1n) is 6.51. The zero-order chi connectivity index (χ0) is 12.3. The van der Waals surface area contributed by atoms with E-state index in [1.807, 2.05) is 6.20 Å². The summed E-state index contributed by atoms with van der Waals surface area (Å²) >= 11 is 0. The van der Waals surface area contributed by atoms with Crippen LogP contribution in [-0.2, 0) is 0 Å². The van der Waals surface area contributed by atoms with Gasteiger partial charge in [0.15, 0.2) is 0 Å². The summed E-state index contributed by atoms with van der Waals surface area (Å²) in [5, 5.41) is 0. The Bertz CT molecular complexity index is 358. The van der Waals surface area contributed by atoms with E-state index >= 15 is 0 Å². The van der Waals surface area contributed by atoms with Crippen molar-refractivity contribution in [1.82, 2.24) is 9.97 Å². The number of aromatic nitrogens is 2. The molecule has 4 heteroatoms. The summed E-state index contributed by atoms with van der Waals surface area (Å²) in [5.74, 6) is 2.07. The molecule has 17 heavy (non-hydrogen) atoms. The van der Waals surface area contributed by atoms with Gasteiger partial charge in [-0.05, 0) is 18.8 Å². The SMILES string of the molecule is CC(C)CN(c1cncc(N)n1)C1CCCC1. The van der Waals surface area contributed by atoms with Crippen molar-refractivity contribution in [2.24, 2.45) is 5.92 Å². The Morgan fingerprint density at radius 1 is 1.35 bits per heavy atom. The van der Waals surface area contributed by atoms with Gasteiger partial charge >= 0.3 is 0 Å². The number of anilines is 2. The van der Waals surface area contributed by atoms with Crippen molar-refractivity contribution in [1.29, 1.82) is 0 Å². The van der Waals surface area contributed by atoms with E-state index in [1.54, 1.807) is 6.20 Å². The number of nitrogens with two attached hydrogens (primary N) is 1. The highest BCUT2D eigenvalue weighted by atomic mass is 15.2. The second-order valence-electron chi connectivity index (χ2n) is 5.29. The van der Waals surface area contributed by atoms with E-state index < -0.39 is 0 Å². The van der Waals surface area contributed by atoms with E-state index in [2.05, 4.69) is 28.7 Å². The number of nitrogens with zero attached hydrogens (tertiary/aromatic N) is 3. The number of nitrogen functional groups attached to an aromatic ring is 1. The van der Waals surface area contributed by atoms with Gasteiger partial charge in [0.05, 0.1) is 12.4 Å². The van der Waals surface area contributed by atoms with Gasteiger partial charge in [-0.15, -0.1) is 0 Å². The molecule has 0 atom stereocenters. The molecule has 0 saturated heterocycles. The van der Waals surface area contributed by atoms with E-state index in [1.165, 1.54) is 25.7 Å². The first kappa shape index (κ1) is 12.1. The quantitative estimate of drug-likeness (QED) is 0.869. The highest BCUT2D eigenvalue weighted by molar-refractivity contribution is 5.42. The zero-order valence-electron chi connectivity index (χ0n) is 10.8. The third-order valence-electron chi connectivity index (χ3n) is 3.26. The molecule has 0 unspecified atom stereocenters. The van der Waals surface area contributed by atoms with E-state index in [0.717, 1.165) is 12.4 Å². The first-order valence-corrected chi connectivity index (χ1v) is 6.51. The van der Waals surface area contributed by atoms with Crippen LogP contribution in [-0.4, -0.2) is 22.6 Å². The molecule has 1 saturated carbocycles. The van der Waals surface area contributed by atoms with Gasteiger partial charge in [0.25, 0.3) is 0 Å². The normalized spacial score (nSPS) is 16.6. The van der Waals surface area contributed by atoms with E-state index in [4.69, 9.17) is 5.73 Å². The van der Waals surface area contributed by atoms with Gasteiger partial charge in [-0.2, -0.15) is 0 Å². The summed E-state index contributed by atoms with van der Waals surface area (Å²) in [7, 11) is 0. The third kappa shape index (κ3) is 3.08. The minimum atomic E-state index is 0.509. The second-order valence-corrected chi connectivity index (χ2v) is 5.29. The molecule has 94 valence electrons. The van der Waals surface area contributed by atoms with Crippen LogP contribution in [0.3, 0.4) is 0 Å². The van der Waals surface area contributed by atoms with Crippen LogP contribution in [0.4, 0.5) is 11.6 Å². The standard InChI is InChI=1S/C13H22N4/c1-10(2)9-17(11-5-3-4-6-11)13-8-15-7-12(14)16-13/h7-8,10-11H,3-6,9H2,1-2H3,(H2,14,16). The zero-order valence-corrected chi connectivity index (χ0v) is 10.8. The fourth-order valence-electron chi connectivity index (χ4n) is 2.55. The van der Waals surface area contributed by atoms with Crippen LogP contribution in [0, 0.1) is 5.92 Å². The summed E-state index contributed by atoms with van der Waals surface area (Å²) in [5.41, 5.74) is 5.73. The van der Waals surface area contributed by atoms with Gasteiger partial charge < -0.3 is 10.6 Å². The highest BCUT2D eigenvalue weighted by Crippen LogP contribution is 2.27. The Labute approximate surface area is 103 Å². The van der Waals surface area contributed by atoms with Crippen LogP contribution in [0.5, 0.6) is 0 Å². The first-order chi connectivity index (χ1) is 8.16. The van der Waals surface area contributed by atoms with E-state index in [-0.39, 0.29) is 0 Å². The van der Waals surface area contributed by atoms with Crippen molar-refractivity contribution >= 4 is 11.6 Å². The molecular formula is C13H22N4. The molecule has 2 rings (SSSR count). The molecule has 1 aliphatic rings. The summed E-state index contributed by atoms with van der Waals surface area (Å²) in [6, 6.07) is 0.619. The van der Waals surface area contributed by atoms with Crippen molar-refractivity contribution in [3.63, 3.8) is 0 Å². The fourth-order valence-corrected chi connectivity index (χ4v) is 2.55. The van der Waals surface area contributed by atoms with E-state index in [9.17, 15) is 0 Å². The summed E-state index contributed by atoms with van der Waals surface area (Å²) < 4.78 is 0. The highest BCUT2D eigenvalue weighted by Gasteiger charge is 2.24. The van der Waals surface area contributed by atoms with Crippen LogP contribution in [0.25, 0.3) is 0 Å². The van der Waals surface area contributed by atoms with Gasteiger partial charge in [0.2, 0.25) is 0 Å². The molecule has 1 aliphatic carbocycles. The number of rotatable bonds is 4. The predicted octanol–water partition coefficient (Wildman–Crippen LogP) is 2.46. The van der Waals surface area contributed by atoms with Gasteiger partial charge in [-0.25, -0.2) is 4.98 Å². The number of hydrogen-bond donors (Lipinski definition) is 1. The van der Waals surface area contributed by atoms with Crippen LogP contribution in [0.2, 0.25) is 0 Å². The number of hydrogen-bond acceptors (Lipinski definition) is 4. The minimum absolute atomic E-state index is 0.509. The Hall–Kier alpha value is -1.32. The fraction of sp³-hybridized carbons (Fsp3) is 0.692. The molecule has 1 fully saturated rings. The van der Waals surface area contributed by atoms with Gasteiger partial charge in [-0.3, -0.25) is 4.98 Å². The Balaban J connectivity index is 2.19. The maximum Gasteiger partial charge on any atom is 0.149 e. The smallest absolute Gasteiger partial charge is 0.149 e. The van der Waals surface area contributed by atoms with Crippen molar-refractivity contribution < 1.29 is 0 Å². The molecule has 0 aliphatic heterocycles. The topological polar surface area (TPSA) is 55.0 Å². The molecule has 0 aromatic carbocycles. The average molecular weight is 234 g/mol. The largest absolute Gasteiger partial charge is 0.382 e. The third-order valence-corrected chi connectivity index (χ3v) is 3.26. The van der Waals surface area contributed by atoms with Crippen LogP contribution in [0.15, 0.2) is 12.4 Å². The summed E-state index contributed by atoms with van der Waals surface area (Å²) in [6.07, 6.45) is 8.62. The molecule has 1 heterocycles. The van der Waals surface area contributed by atoms with Crippen molar-refractivity contribution in [3.05, 3.63) is 12.4 Å². The van der Waals surface area contributed by atoms with Crippen LogP contribution >= 0.6 is 0 Å². The lowest BCUT2D eigenvalue weighted by Gasteiger charge is -2.31. The predicted molar refractivity (Wildman–Crippen MR) is 70.9 cm³/mol. The van der Waals surface area contributed by atoms with Crippen molar-refractivity contribution in [2.75, 3.05) is 17.2 Å². The minimum Gasteiger partial charge on any atom is -0.382 e. The molecule has 0 bridgehead atoms. The molecule has 1 aromatic rings. The van der Waals surface area contributed by atoms with Crippen molar-refractivity contribution in [3.8, 4) is 0 Å². The molecular weight excluding hydrogens is 212 g/mol. The Kier molecular flexibility index (Phi) is 3.82. The second kappa shape index (κ2) is 5.34. The monoisotopic (exact) mass is 234 g/mol. The van der Waals surface area contributed by atoms with Gasteiger partial charge in [0.1, 0.15) is 11.6 Å². The Morgan fingerprint density at radius 2 is 2.06 bits per heavy atom. The van der Waals surface area contributed by atoms with Crippen LogP contribution in [0.1, 0.15) is 39.5 Å². The van der Waals surface area contributed by atoms with Crippen molar-refractivity contribution in [2.45, 2.75) is 45.6 Å². The molecule has 0 spiro atoms. The molecule has 2 N–H and O–H groups in total. The summed E-state index contributed by atoms with van der Waals surface area (Å²) in [6.45, 7) is 5.51. The lowest BCUT2D eigenvalue weighted by molar-refractivity contribution is 0.531. The molecule has 1 aromatic heterocycles. The summed E-state index contributed by atoms with van der Waals surface area (Å²) in [4.78, 5) is 11.0. The van der Waals surface area contributed by atoms with E-state index in [0.29, 0.717) is 17.8 Å². The van der Waals surface area contributed by atoms with Gasteiger partial charge in [-0.1, -0.05) is 26.7 Å². The average Bonchev–Trinajstić information content (AvgIpc) is 2.79. The lowest BCUT2D eigenvalue weighted by Crippen LogP contribution is -2.37. The molecule has 0 amide bonds. The molecule has 0 radical (unpaired) electrons. The molecule has 4 nitrogen and oxygen atoms in total. The maximum absolute atomic E-state index is 5.73. The van der Waals surface area contributed by atoms with Crippen LogP contribution < -0.4 is 10.6 Å².